The van der Waals surface area contributed by atoms with E-state index in [-0.39, 0.29) is 11.8 Å². The number of nitrogens with two attached hydrogens (primary N) is 1. The second-order valence-electron chi connectivity index (χ2n) is 8.80. The van der Waals surface area contributed by atoms with Gasteiger partial charge < -0.3 is 20.4 Å². The van der Waals surface area contributed by atoms with Crippen molar-refractivity contribution in [1.82, 2.24) is 19.9 Å². The summed E-state index contributed by atoms with van der Waals surface area (Å²) in [5, 5.41) is 3.94. The zero-order valence-corrected chi connectivity index (χ0v) is 19.4. The molecule has 2 heterocycles. The van der Waals surface area contributed by atoms with Crippen molar-refractivity contribution in [3.8, 4) is 5.75 Å². The summed E-state index contributed by atoms with van der Waals surface area (Å²) in [6.07, 6.45) is 2.69. The van der Waals surface area contributed by atoms with E-state index in [9.17, 15) is 4.79 Å². The fourth-order valence-electron chi connectivity index (χ4n) is 3.68. The van der Waals surface area contributed by atoms with Crippen LogP contribution < -0.4 is 15.8 Å². The Labute approximate surface area is 184 Å². The summed E-state index contributed by atoms with van der Waals surface area (Å²) >= 11 is 0. The van der Waals surface area contributed by atoms with E-state index in [1.165, 1.54) is 0 Å². The number of nitrogen functional groups attached to an aromatic ring is 1. The Morgan fingerprint density at radius 3 is 2.68 bits per heavy atom. The topological polar surface area (TPSA) is 95.1 Å². The van der Waals surface area contributed by atoms with Crippen LogP contribution in [-0.2, 0) is 17.8 Å². The first-order valence-electron chi connectivity index (χ1n) is 11.3. The summed E-state index contributed by atoms with van der Waals surface area (Å²) in [4.78, 5) is 21.1. The van der Waals surface area contributed by atoms with Crippen molar-refractivity contribution in [2.24, 2.45) is 11.8 Å². The van der Waals surface area contributed by atoms with Crippen LogP contribution in [0.2, 0.25) is 0 Å². The average Bonchev–Trinajstić information content (AvgIpc) is 3.06. The SMILES string of the molecule is CCCc1nc2c(N)nc3cc(OCCCNC(=O)C(C)C)ccc3c2n1CC(C)C. The molecule has 3 rings (SSSR count). The molecule has 0 unspecified atom stereocenters. The highest BCUT2D eigenvalue weighted by atomic mass is 16.5. The minimum absolute atomic E-state index is 0.00301. The number of nitrogens with one attached hydrogen (secondary N) is 1. The Morgan fingerprint density at radius 1 is 1.23 bits per heavy atom. The summed E-state index contributed by atoms with van der Waals surface area (Å²) in [5.74, 6) is 2.83. The van der Waals surface area contributed by atoms with Gasteiger partial charge in [0.25, 0.3) is 0 Å². The standard InChI is InChI=1S/C24H35N5O2/c1-6-8-20-28-21-22(29(20)14-15(2)3)18-10-9-17(13-19(18)27-23(21)25)31-12-7-11-26-24(30)16(4)5/h9-10,13,15-16H,6-8,11-12,14H2,1-5H3,(H2,25,27)(H,26,30). The lowest BCUT2D eigenvalue weighted by Crippen LogP contribution is -2.29. The third-order valence-electron chi connectivity index (χ3n) is 5.19. The van der Waals surface area contributed by atoms with E-state index >= 15 is 0 Å². The third-order valence-corrected chi connectivity index (χ3v) is 5.19. The molecule has 0 atom stereocenters. The van der Waals surface area contributed by atoms with E-state index in [0.717, 1.165) is 59.3 Å². The van der Waals surface area contributed by atoms with E-state index in [2.05, 4.69) is 35.6 Å². The number of fused-ring (bicyclic) bond motifs is 3. The number of amides is 1. The Hall–Kier alpha value is -2.83. The van der Waals surface area contributed by atoms with E-state index in [0.29, 0.717) is 24.9 Å². The van der Waals surface area contributed by atoms with Gasteiger partial charge in [0.2, 0.25) is 5.91 Å². The van der Waals surface area contributed by atoms with Crippen LogP contribution in [0.5, 0.6) is 5.75 Å². The maximum atomic E-state index is 11.6. The van der Waals surface area contributed by atoms with Crippen molar-refractivity contribution in [3.63, 3.8) is 0 Å². The largest absolute Gasteiger partial charge is 0.493 e. The van der Waals surface area contributed by atoms with E-state index in [4.69, 9.17) is 15.5 Å². The number of pyridine rings is 1. The van der Waals surface area contributed by atoms with Crippen molar-refractivity contribution < 1.29 is 9.53 Å². The molecule has 0 aliphatic heterocycles. The molecule has 0 saturated carbocycles. The van der Waals surface area contributed by atoms with Gasteiger partial charge in [-0.15, -0.1) is 0 Å². The summed E-state index contributed by atoms with van der Waals surface area (Å²) in [7, 11) is 0. The molecule has 1 amide bonds. The predicted molar refractivity (Wildman–Crippen MR) is 126 cm³/mol. The number of ether oxygens (including phenoxy) is 1. The van der Waals surface area contributed by atoms with Gasteiger partial charge in [-0.05, 0) is 30.9 Å². The molecule has 0 spiro atoms. The third kappa shape index (κ3) is 5.27. The minimum atomic E-state index is -0.00301. The summed E-state index contributed by atoms with van der Waals surface area (Å²) in [6, 6.07) is 5.96. The van der Waals surface area contributed by atoms with Crippen molar-refractivity contribution in [1.29, 1.82) is 0 Å². The second-order valence-corrected chi connectivity index (χ2v) is 8.80. The number of nitrogens with zero attached hydrogens (tertiary/aromatic N) is 3. The average molecular weight is 426 g/mol. The van der Waals surface area contributed by atoms with E-state index < -0.39 is 0 Å². The molecule has 3 aromatic rings. The molecule has 0 radical (unpaired) electrons. The van der Waals surface area contributed by atoms with Gasteiger partial charge in [-0.25, -0.2) is 9.97 Å². The lowest BCUT2D eigenvalue weighted by Gasteiger charge is -2.13. The highest BCUT2D eigenvalue weighted by molar-refractivity contribution is 6.06. The highest BCUT2D eigenvalue weighted by Crippen LogP contribution is 2.31. The molecule has 0 aliphatic carbocycles. The Kier molecular flexibility index (Phi) is 7.36. The van der Waals surface area contributed by atoms with Gasteiger partial charge in [0.05, 0.1) is 17.6 Å². The summed E-state index contributed by atoms with van der Waals surface area (Å²) in [6.45, 7) is 12.4. The number of hydrogen-bond acceptors (Lipinski definition) is 5. The number of aromatic nitrogens is 3. The fourth-order valence-corrected chi connectivity index (χ4v) is 3.68. The molecular formula is C24H35N5O2. The van der Waals surface area contributed by atoms with Crippen LogP contribution in [0.3, 0.4) is 0 Å². The fraction of sp³-hybridized carbons (Fsp3) is 0.542. The second kappa shape index (κ2) is 9.98. The van der Waals surface area contributed by atoms with Crippen LogP contribution in [0, 0.1) is 11.8 Å². The monoisotopic (exact) mass is 425 g/mol. The molecule has 0 bridgehead atoms. The van der Waals surface area contributed by atoms with Crippen molar-refractivity contribution >= 4 is 33.7 Å². The molecular weight excluding hydrogens is 390 g/mol. The van der Waals surface area contributed by atoms with Gasteiger partial charge in [0.1, 0.15) is 17.1 Å². The first-order chi connectivity index (χ1) is 14.8. The van der Waals surface area contributed by atoms with Gasteiger partial charge in [0, 0.05) is 36.9 Å². The van der Waals surface area contributed by atoms with E-state index in [1.54, 1.807) is 0 Å². The van der Waals surface area contributed by atoms with Crippen LogP contribution in [0.4, 0.5) is 5.82 Å². The number of hydrogen-bond donors (Lipinski definition) is 2. The van der Waals surface area contributed by atoms with E-state index in [1.807, 2.05) is 32.0 Å². The molecule has 3 N–H and O–H groups in total. The maximum absolute atomic E-state index is 11.6. The number of carbonyl (C=O) groups excluding carboxylic acids is 1. The predicted octanol–water partition coefficient (Wildman–Crippen LogP) is 4.32. The molecule has 0 saturated heterocycles. The molecule has 31 heavy (non-hydrogen) atoms. The minimum Gasteiger partial charge on any atom is -0.493 e. The van der Waals surface area contributed by atoms with Crippen LogP contribution in [0.25, 0.3) is 21.9 Å². The molecule has 7 heteroatoms. The molecule has 168 valence electrons. The van der Waals surface area contributed by atoms with Crippen LogP contribution >= 0.6 is 0 Å². The summed E-state index contributed by atoms with van der Waals surface area (Å²) in [5.41, 5.74) is 8.96. The number of carbonyl (C=O) groups is 1. The number of imidazole rings is 1. The lowest BCUT2D eigenvalue weighted by atomic mass is 10.1. The highest BCUT2D eigenvalue weighted by Gasteiger charge is 2.18. The molecule has 2 aromatic heterocycles. The molecule has 0 fully saturated rings. The zero-order valence-electron chi connectivity index (χ0n) is 19.4. The first kappa shape index (κ1) is 22.8. The van der Waals surface area contributed by atoms with Gasteiger partial charge >= 0.3 is 0 Å². The molecule has 0 aliphatic rings. The van der Waals surface area contributed by atoms with Crippen molar-refractivity contribution in [2.75, 3.05) is 18.9 Å². The van der Waals surface area contributed by atoms with Crippen LogP contribution in [0.1, 0.15) is 53.3 Å². The normalized spacial score (nSPS) is 11.7. The zero-order chi connectivity index (χ0) is 22.5. The van der Waals surface area contributed by atoms with Gasteiger partial charge in [-0.2, -0.15) is 0 Å². The Bertz CT molecular complexity index is 1060. The quantitative estimate of drug-likeness (QED) is 0.472. The van der Waals surface area contributed by atoms with Crippen molar-refractivity contribution in [2.45, 2.75) is 60.4 Å². The Balaban J connectivity index is 1.84. The Morgan fingerprint density at radius 2 is 2.00 bits per heavy atom. The van der Waals surface area contributed by atoms with Crippen molar-refractivity contribution in [3.05, 3.63) is 24.0 Å². The molecule has 1 aromatic carbocycles. The number of anilines is 1. The first-order valence-corrected chi connectivity index (χ1v) is 11.3. The van der Waals surface area contributed by atoms with Gasteiger partial charge in [-0.1, -0.05) is 34.6 Å². The van der Waals surface area contributed by atoms with Gasteiger partial charge in [0.15, 0.2) is 5.82 Å². The smallest absolute Gasteiger partial charge is 0.222 e. The maximum Gasteiger partial charge on any atom is 0.222 e. The lowest BCUT2D eigenvalue weighted by molar-refractivity contribution is -0.123. The van der Waals surface area contributed by atoms with Crippen LogP contribution in [0.15, 0.2) is 18.2 Å². The molecule has 7 nitrogen and oxygen atoms in total. The van der Waals surface area contributed by atoms with Gasteiger partial charge in [-0.3, -0.25) is 4.79 Å². The van der Waals surface area contributed by atoms with Crippen LogP contribution in [-0.4, -0.2) is 33.6 Å². The number of rotatable bonds is 10. The number of benzene rings is 1. The summed E-state index contributed by atoms with van der Waals surface area (Å²) < 4.78 is 8.20. The number of aryl methyl sites for hydroxylation is 1.